The SMILES string of the molecule is C=CCN1c2ccccc2-c2nc(Nc3ccc(-c4ncccn4)cc3)ncc2S1(=O)=O. The third-order valence-corrected chi connectivity index (χ3v) is 6.79. The zero-order valence-corrected chi connectivity index (χ0v) is 17.7. The van der Waals surface area contributed by atoms with E-state index in [1.54, 1.807) is 36.7 Å². The first-order valence-electron chi connectivity index (χ1n) is 9.82. The van der Waals surface area contributed by atoms with Crippen LogP contribution in [0.25, 0.3) is 22.6 Å². The number of nitrogens with one attached hydrogen (secondary N) is 1. The molecule has 0 amide bonds. The molecule has 4 aromatic rings. The van der Waals surface area contributed by atoms with Crippen LogP contribution in [-0.2, 0) is 10.0 Å². The van der Waals surface area contributed by atoms with Crippen molar-refractivity contribution in [1.82, 2.24) is 19.9 Å². The molecule has 0 radical (unpaired) electrons. The second-order valence-corrected chi connectivity index (χ2v) is 8.85. The number of fused-ring (bicyclic) bond motifs is 3. The van der Waals surface area contributed by atoms with Gasteiger partial charge in [0, 0.05) is 29.2 Å². The zero-order chi connectivity index (χ0) is 22.1. The Bertz CT molecular complexity index is 1410. The van der Waals surface area contributed by atoms with Crippen molar-refractivity contribution in [2.45, 2.75) is 4.90 Å². The number of nitrogens with zero attached hydrogens (tertiary/aromatic N) is 5. The minimum atomic E-state index is -3.79. The van der Waals surface area contributed by atoms with Gasteiger partial charge in [0.15, 0.2) is 5.82 Å². The van der Waals surface area contributed by atoms with Crippen LogP contribution in [0.15, 0.2) is 90.7 Å². The first-order chi connectivity index (χ1) is 15.6. The minimum Gasteiger partial charge on any atom is -0.324 e. The van der Waals surface area contributed by atoms with Gasteiger partial charge in [0.2, 0.25) is 5.95 Å². The van der Waals surface area contributed by atoms with E-state index in [4.69, 9.17) is 0 Å². The third-order valence-electron chi connectivity index (χ3n) is 5.01. The Morgan fingerprint density at radius 1 is 0.969 bits per heavy atom. The van der Waals surface area contributed by atoms with Gasteiger partial charge in [-0.15, -0.1) is 6.58 Å². The molecular formula is C23H18N6O2S. The molecule has 0 fully saturated rings. The van der Waals surface area contributed by atoms with Gasteiger partial charge in [0.1, 0.15) is 4.90 Å². The second kappa shape index (κ2) is 7.86. The molecule has 0 aliphatic carbocycles. The first-order valence-corrected chi connectivity index (χ1v) is 11.3. The van der Waals surface area contributed by atoms with E-state index in [-0.39, 0.29) is 11.4 Å². The molecule has 0 saturated carbocycles. The second-order valence-electron chi connectivity index (χ2n) is 7.02. The lowest BCUT2D eigenvalue weighted by Gasteiger charge is -2.30. The molecule has 5 rings (SSSR count). The van der Waals surface area contributed by atoms with Crippen LogP contribution in [0.5, 0.6) is 0 Å². The summed E-state index contributed by atoms with van der Waals surface area (Å²) in [6.45, 7) is 3.84. The number of hydrogen-bond donors (Lipinski definition) is 1. The van der Waals surface area contributed by atoms with Crippen LogP contribution >= 0.6 is 0 Å². The van der Waals surface area contributed by atoms with Gasteiger partial charge >= 0.3 is 0 Å². The highest BCUT2D eigenvalue weighted by Gasteiger charge is 2.35. The van der Waals surface area contributed by atoms with Crippen LogP contribution in [0.1, 0.15) is 0 Å². The number of sulfonamides is 1. The van der Waals surface area contributed by atoms with Gasteiger partial charge in [-0.25, -0.2) is 28.4 Å². The van der Waals surface area contributed by atoms with Crippen molar-refractivity contribution < 1.29 is 8.42 Å². The molecule has 0 spiro atoms. The van der Waals surface area contributed by atoms with Crippen molar-refractivity contribution in [3.63, 3.8) is 0 Å². The molecule has 32 heavy (non-hydrogen) atoms. The minimum absolute atomic E-state index is 0.0696. The maximum Gasteiger partial charge on any atom is 0.268 e. The lowest BCUT2D eigenvalue weighted by Crippen LogP contribution is -2.35. The van der Waals surface area contributed by atoms with Crippen LogP contribution in [0.2, 0.25) is 0 Å². The summed E-state index contributed by atoms with van der Waals surface area (Å²) in [7, 11) is -3.79. The Morgan fingerprint density at radius 3 is 2.47 bits per heavy atom. The van der Waals surface area contributed by atoms with Crippen LogP contribution < -0.4 is 9.62 Å². The summed E-state index contributed by atoms with van der Waals surface area (Å²) in [6.07, 6.45) is 6.29. The van der Waals surface area contributed by atoms with Crippen LogP contribution in [-0.4, -0.2) is 34.9 Å². The van der Waals surface area contributed by atoms with Crippen molar-refractivity contribution in [3.8, 4) is 22.6 Å². The molecule has 1 aliphatic rings. The van der Waals surface area contributed by atoms with E-state index < -0.39 is 10.0 Å². The van der Waals surface area contributed by atoms with Gasteiger partial charge in [-0.1, -0.05) is 24.3 Å². The molecule has 8 nitrogen and oxygen atoms in total. The Hall–Kier alpha value is -4.11. The largest absolute Gasteiger partial charge is 0.324 e. The van der Waals surface area contributed by atoms with Gasteiger partial charge in [-0.2, -0.15) is 0 Å². The van der Waals surface area contributed by atoms with Crippen LogP contribution in [0.3, 0.4) is 0 Å². The highest BCUT2D eigenvalue weighted by atomic mass is 32.2. The summed E-state index contributed by atoms with van der Waals surface area (Å²) in [5.41, 5.74) is 3.29. The summed E-state index contributed by atoms with van der Waals surface area (Å²) < 4.78 is 27.6. The standard InChI is InChI=1S/C23H18N6O2S/c1-2-14-29-19-7-4-3-6-18(19)21-20(32(29,30)31)15-26-23(28-21)27-17-10-8-16(9-11-17)22-24-12-5-13-25-22/h2-13,15H,1,14H2,(H,26,27,28). The fourth-order valence-electron chi connectivity index (χ4n) is 3.55. The average Bonchev–Trinajstić information content (AvgIpc) is 2.83. The van der Waals surface area contributed by atoms with Crippen molar-refractivity contribution in [2.24, 2.45) is 0 Å². The first kappa shape index (κ1) is 19.8. The number of benzene rings is 2. The molecular weight excluding hydrogens is 424 g/mol. The molecule has 0 bridgehead atoms. The smallest absolute Gasteiger partial charge is 0.268 e. The fourth-order valence-corrected chi connectivity index (χ4v) is 5.09. The maximum absolute atomic E-state index is 13.2. The Kier molecular flexibility index (Phi) is 4.87. The predicted molar refractivity (Wildman–Crippen MR) is 123 cm³/mol. The lowest BCUT2D eigenvalue weighted by molar-refractivity contribution is 0.591. The van der Waals surface area contributed by atoms with E-state index in [0.29, 0.717) is 23.2 Å². The summed E-state index contributed by atoms with van der Waals surface area (Å²) in [5, 5.41) is 3.14. The van der Waals surface area contributed by atoms with E-state index in [2.05, 4.69) is 31.8 Å². The van der Waals surface area contributed by atoms with Crippen LogP contribution in [0, 0.1) is 0 Å². The van der Waals surface area contributed by atoms with Crippen LogP contribution in [0.4, 0.5) is 17.3 Å². The number of hydrogen-bond acceptors (Lipinski definition) is 7. The van der Waals surface area contributed by atoms with E-state index in [1.165, 1.54) is 10.5 Å². The van der Waals surface area contributed by atoms with E-state index in [9.17, 15) is 8.42 Å². The van der Waals surface area contributed by atoms with Gasteiger partial charge in [-0.05, 0) is 36.4 Å². The highest BCUT2D eigenvalue weighted by Crippen LogP contribution is 2.41. The summed E-state index contributed by atoms with van der Waals surface area (Å²) in [5.74, 6) is 0.935. The van der Waals surface area contributed by atoms with Gasteiger partial charge < -0.3 is 5.32 Å². The predicted octanol–water partition coefficient (Wildman–Crippen LogP) is 4.04. The maximum atomic E-state index is 13.2. The summed E-state index contributed by atoms with van der Waals surface area (Å²) in [4.78, 5) is 17.3. The average molecular weight is 443 g/mol. The molecule has 1 aliphatic heterocycles. The highest BCUT2D eigenvalue weighted by molar-refractivity contribution is 7.93. The quantitative estimate of drug-likeness (QED) is 0.466. The van der Waals surface area contributed by atoms with Gasteiger partial charge in [0.25, 0.3) is 10.0 Å². The normalized spacial score (nSPS) is 13.7. The topological polar surface area (TPSA) is 101 Å². The number of rotatable bonds is 5. The molecule has 0 saturated heterocycles. The molecule has 9 heteroatoms. The number of para-hydroxylation sites is 1. The van der Waals surface area contributed by atoms with E-state index >= 15 is 0 Å². The summed E-state index contributed by atoms with van der Waals surface area (Å²) in [6, 6.07) is 16.5. The van der Waals surface area contributed by atoms with Crippen molar-refractivity contribution >= 4 is 27.3 Å². The molecule has 0 unspecified atom stereocenters. The van der Waals surface area contributed by atoms with Gasteiger partial charge in [-0.3, -0.25) is 4.31 Å². The Balaban J connectivity index is 1.50. The Morgan fingerprint density at radius 2 is 1.72 bits per heavy atom. The van der Waals surface area contributed by atoms with E-state index in [1.807, 2.05) is 36.4 Å². The monoisotopic (exact) mass is 442 g/mol. The van der Waals surface area contributed by atoms with Crippen molar-refractivity contribution in [2.75, 3.05) is 16.2 Å². The zero-order valence-electron chi connectivity index (χ0n) is 16.9. The van der Waals surface area contributed by atoms with Gasteiger partial charge in [0.05, 0.1) is 24.1 Å². The van der Waals surface area contributed by atoms with Crippen molar-refractivity contribution in [1.29, 1.82) is 0 Å². The molecule has 2 aromatic carbocycles. The third kappa shape index (κ3) is 3.38. The van der Waals surface area contributed by atoms with Crippen molar-refractivity contribution in [3.05, 3.63) is 85.8 Å². The van der Waals surface area contributed by atoms with E-state index in [0.717, 1.165) is 16.8 Å². The molecule has 3 heterocycles. The molecule has 158 valence electrons. The number of anilines is 3. The molecule has 2 aromatic heterocycles. The fraction of sp³-hybridized carbons (Fsp3) is 0.0435. The Labute approximate surface area is 185 Å². The molecule has 0 atom stereocenters. The molecule has 1 N–H and O–H groups in total. The number of aromatic nitrogens is 4. The lowest BCUT2D eigenvalue weighted by atomic mass is 10.1. The summed E-state index contributed by atoms with van der Waals surface area (Å²) >= 11 is 0.